The summed E-state index contributed by atoms with van der Waals surface area (Å²) in [5, 5.41) is 0.902. The molecule has 0 saturated carbocycles. The molecule has 0 fully saturated rings. The number of hydrogen-bond acceptors (Lipinski definition) is 0. The van der Waals surface area contributed by atoms with E-state index in [4.69, 9.17) is 11.6 Å². The predicted octanol–water partition coefficient (Wildman–Crippen LogP) is 4.98. The second kappa shape index (κ2) is 3.61. The molecule has 1 radical (unpaired) electrons. The Labute approximate surface area is 107 Å². The van der Waals surface area contributed by atoms with Gasteiger partial charge in [0.05, 0.1) is 0 Å². The molecule has 1 heteroatoms. The SMILES string of the molecule is CC1=C(C)C(C)=C2C(=Cc3ccccc32)[C]1Cl. The fraction of sp³-hybridized carbons (Fsp3) is 0.188. The second-order valence-electron chi connectivity index (χ2n) is 4.71. The van der Waals surface area contributed by atoms with Crippen molar-refractivity contribution in [1.82, 2.24) is 0 Å². The van der Waals surface area contributed by atoms with Gasteiger partial charge in [0.2, 0.25) is 0 Å². The lowest BCUT2D eigenvalue weighted by molar-refractivity contribution is 1.19. The van der Waals surface area contributed by atoms with Crippen molar-refractivity contribution in [2.45, 2.75) is 20.8 Å². The highest BCUT2D eigenvalue weighted by atomic mass is 35.5. The van der Waals surface area contributed by atoms with Crippen molar-refractivity contribution in [3.63, 3.8) is 0 Å². The Morgan fingerprint density at radius 3 is 2.35 bits per heavy atom. The topological polar surface area (TPSA) is 0 Å². The third-order valence-corrected chi connectivity index (χ3v) is 4.35. The summed E-state index contributed by atoms with van der Waals surface area (Å²) in [5.41, 5.74) is 8.94. The Morgan fingerprint density at radius 1 is 0.882 bits per heavy atom. The third kappa shape index (κ3) is 1.37. The van der Waals surface area contributed by atoms with Crippen molar-refractivity contribution in [3.8, 4) is 0 Å². The molecule has 2 aliphatic rings. The number of rotatable bonds is 0. The van der Waals surface area contributed by atoms with E-state index in [2.05, 4.69) is 51.1 Å². The highest BCUT2D eigenvalue weighted by molar-refractivity contribution is 6.35. The third-order valence-electron chi connectivity index (χ3n) is 3.87. The standard InChI is InChI=1S/C16H14Cl/c1-9-10(2)15-13-7-5-4-6-12(13)8-14(15)16(17)11(9)3/h4-8H,1-3H3. The van der Waals surface area contributed by atoms with Gasteiger partial charge in [0.25, 0.3) is 0 Å². The van der Waals surface area contributed by atoms with Gasteiger partial charge >= 0.3 is 0 Å². The fourth-order valence-electron chi connectivity index (χ4n) is 2.64. The molecule has 0 spiro atoms. The van der Waals surface area contributed by atoms with Gasteiger partial charge in [0.1, 0.15) is 5.38 Å². The summed E-state index contributed by atoms with van der Waals surface area (Å²) >= 11 is 6.47. The van der Waals surface area contributed by atoms with E-state index < -0.39 is 0 Å². The Kier molecular flexibility index (Phi) is 2.31. The lowest BCUT2D eigenvalue weighted by atomic mass is 9.83. The highest BCUT2D eigenvalue weighted by Gasteiger charge is 2.31. The van der Waals surface area contributed by atoms with E-state index in [0.717, 1.165) is 5.38 Å². The largest absolute Gasteiger partial charge is 0.118 e. The molecule has 0 nitrogen and oxygen atoms in total. The first kappa shape index (κ1) is 10.9. The van der Waals surface area contributed by atoms with Crippen LogP contribution in [0.1, 0.15) is 31.9 Å². The smallest absolute Gasteiger partial charge is 0.106 e. The van der Waals surface area contributed by atoms with E-state index in [-0.39, 0.29) is 0 Å². The quantitative estimate of drug-likeness (QED) is 0.601. The summed E-state index contributed by atoms with van der Waals surface area (Å²) in [6, 6.07) is 8.49. The number of fused-ring (bicyclic) bond motifs is 3. The minimum atomic E-state index is 0.902. The van der Waals surface area contributed by atoms with E-state index >= 15 is 0 Å². The number of allylic oxidation sites excluding steroid dienone is 5. The van der Waals surface area contributed by atoms with Gasteiger partial charge in [-0.3, -0.25) is 0 Å². The van der Waals surface area contributed by atoms with Crippen molar-refractivity contribution < 1.29 is 0 Å². The van der Waals surface area contributed by atoms with E-state index in [1.165, 1.54) is 39.0 Å². The predicted molar refractivity (Wildman–Crippen MR) is 74.5 cm³/mol. The number of benzene rings is 1. The van der Waals surface area contributed by atoms with Crippen LogP contribution in [0, 0.1) is 5.38 Å². The lowest BCUT2D eigenvalue weighted by Crippen LogP contribution is -2.07. The number of hydrogen-bond donors (Lipinski definition) is 0. The van der Waals surface area contributed by atoms with Crippen LogP contribution in [0.4, 0.5) is 0 Å². The molecule has 1 aromatic rings. The van der Waals surface area contributed by atoms with Crippen LogP contribution < -0.4 is 0 Å². The molecule has 0 atom stereocenters. The Balaban J connectivity index is 2.32. The summed E-state index contributed by atoms with van der Waals surface area (Å²) in [6.45, 7) is 6.44. The monoisotopic (exact) mass is 241 g/mol. The van der Waals surface area contributed by atoms with Crippen LogP contribution in [-0.2, 0) is 0 Å². The van der Waals surface area contributed by atoms with E-state index in [0.29, 0.717) is 0 Å². The molecule has 0 heterocycles. The van der Waals surface area contributed by atoms with Crippen molar-refractivity contribution >= 4 is 23.3 Å². The van der Waals surface area contributed by atoms with Gasteiger partial charge in [0, 0.05) is 0 Å². The van der Waals surface area contributed by atoms with Crippen LogP contribution in [0.25, 0.3) is 11.6 Å². The molecule has 0 aliphatic heterocycles. The molecule has 1 aromatic carbocycles. The lowest BCUT2D eigenvalue weighted by Gasteiger charge is -2.24. The normalized spacial score (nSPS) is 19.4. The van der Waals surface area contributed by atoms with Crippen LogP contribution in [0.2, 0.25) is 0 Å². The minimum Gasteiger partial charge on any atom is -0.106 e. The molecular weight excluding hydrogens is 228 g/mol. The summed E-state index contributed by atoms with van der Waals surface area (Å²) in [4.78, 5) is 0. The van der Waals surface area contributed by atoms with E-state index in [1.807, 2.05) is 0 Å². The van der Waals surface area contributed by atoms with Gasteiger partial charge in [-0.15, -0.1) is 11.6 Å². The van der Waals surface area contributed by atoms with Crippen molar-refractivity contribution in [3.05, 3.63) is 63.1 Å². The molecular formula is C16H14Cl. The molecule has 2 aliphatic carbocycles. The summed E-state index contributed by atoms with van der Waals surface area (Å²) in [6.07, 6.45) is 2.20. The fourth-order valence-corrected chi connectivity index (χ4v) is 2.93. The minimum absolute atomic E-state index is 0.902. The molecule has 0 unspecified atom stereocenters. The summed E-state index contributed by atoms with van der Waals surface area (Å²) < 4.78 is 0. The first-order chi connectivity index (χ1) is 8.11. The van der Waals surface area contributed by atoms with Crippen LogP contribution in [0.15, 0.2) is 46.6 Å². The molecule has 0 N–H and O–H groups in total. The summed E-state index contributed by atoms with van der Waals surface area (Å²) in [7, 11) is 0. The van der Waals surface area contributed by atoms with Gasteiger partial charge in [-0.1, -0.05) is 24.3 Å². The van der Waals surface area contributed by atoms with Crippen LogP contribution in [0.3, 0.4) is 0 Å². The zero-order valence-corrected chi connectivity index (χ0v) is 11.0. The van der Waals surface area contributed by atoms with Crippen molar-refractivity contribution in [2.75, 3.05) is 0 Å². The molecule has 3 rings (SSSR count). The van der Waals surface area contributed by atoms with E-state index in [9.17, 15) is 0 Å². The van der Waals surface area contributed by atoms with Crippen LogP contribution in [-0.4, -0.2) is 0 Å². The van der Waals surface area contributed by atoms with Crippen molar-refractivity contribution in [1.29, 1.82) is 0 Å². The molecule has 17 heavy (non-hydrogen) atoms. The molecule has 0 amide bonds. The zero-order valence-electron chi connectivity index (χ0n) is 10.3. The van der Waals surface area contributed by atoms with Crippen molar-refractivity contribution in [2.24, 2.45) is 0 Å². The van der Waals surface area contributed by atoms with Crippen LogP contribution >= 0.6 is 11.6 Å². The zero-order chi connectivity index (χ0) is 12.2. The van der Waals surface area contributed by atoms with E-state index in [1.54, 1.807) is 0 Å². The first-order valence-electron chi connectivity index (χ1n) is 5.84. The highest BCUT2D eigenvalue weighted by Crippen LogP contribution is 2.50. The number of halogens is 1. The molecule has 85 valence electrons. The van der Waals surface area contributed by atoms with Gasteiger partial charge in [-0.05, 0) is 65.8 Å². The maximum Gasteiger partial charge on any atom is 0.118 e. The molecule has 0 bridgehead atoms. The average Bonchev–Trinajstić information content (AvgIpc) is 2.73. The first-order valence-corrected chi connectivity index (χ1v) is 6.22. The molecule has 0 aromatic heterocycles. The summed E-state index contributed by atoms with van der Waals surface area (Å²) in [5.74, 6) is 0. The maximum absolute atomic E-state index is 6.47. The van der Waals surface area contributed by atoms with Crippen LogP contribution in [0.5, 0.6) is 0 Å². The maximum atomic E-state index is 6.47. The van der Waals surface area contributed by atoms with Gasteiger partial charge < -0.3 is 0 Å². The average molecular weight is 242 g/mol. The van der Waals surface area contributed by atoms with Gasteiger partial charge in [-0.25, -0.2) is 0 Å². The Bertz CT molecular complexity index is 600. The Hall–Kier alpha value is -1.27. The second-order valence-corrected chi connectivity index (χ2v) is 5.09. The Morgan fingerprint density at radius 2 is 1.59 bits per heavy atom. The van der Waals surface area contributed by atoms with Gasteiger partial charge in [-0.2, -0.15) is 0 Å². The van der Waals surface area contributed by atoms with Gasteiger partial charge in [0.15, 0.2) is 0 Å². The molecule has 0 saturated heterocycles.